The summed E-state index contributed by atoms with van der Waals surface area (Å²) in [6.07, 6.45) is 3.58. The number of nitrogens with one attached hydrogen (secondary N) is 1. The predicted molar refractivity (Wildman–Crippen MR) is 35.1 cm³/mol. The lowest BCUT2D eigenvalue weighted by atomic mass is 10.5. The van der Waals surface area contributed by atoms with Crippen LogP contribution in [0.1, 0.15) is 5.69 Å². The Balaban J connectivity index is 2.54. The topological polar surface area (TPSA) is 28.8 Å². The lowest BCUT2D eigenvalue weighted by Gasteiger charge is -1.87. The number of hydrogen-bond donors (Lipinski definition) is 1. The summed E-state index contributed by atoms with van der Waals surface area (Å²) >= 11 is 1.68. The van der Waals surface area contributed by atoms with E-state index in [0.29, 0.717) is 0 Å². The first-order valence-corrected chi connectivity index (χ1v) is 3.68. The van der Waals surface area contributed by atoms with Gasteiger partial charge < -0.3 is 0 Å². The van der Waals surface area contributed by atoms with Crippen LogP contribution in [0.2, 0.25) is 0 Å². The molecule has 2 heterocycles. The third kappa shape index (κ3) is 0.751. The quantitative estimate of drug-likeness (QED) is 0.408. The highest BCUT2D eigenvalue weighted by Crippen LogP contribution is 2.08. The van der Waals surface area contributed by atoms with Crippen LogP contribution >= 0.6 is 11.9 Å². The van der Waals surface area contributed by atoms with E-state index in [1.54, 1.807) is 24.5 Å². The average molecular weight is 140 g/mol. The van der Waals surface area contributed by atoms with Crippen molar-refractivity contribution in [3.8, 4) is 0 Å². The molecule has 1 N–H and O–H groups in total. The highest BCUT2D eigenvalue weighted by atomic mass is 32.2. The Kier molecular flexibility index (Phi) is 1.05. The molecule has 1 aliphatic heterocycles. The Bertz CT molecular complexity index is 202. The summed E-state index contributed by atoms with van der Waals surface area (Å²) in [5.74, 6) is 1.03. The first-order valence-electron chi connectivity index (χ1n) is 2.69. The molecular weight excluding hydrogens is 134 g/mol. The maximum absolute atomic E-state index is 3.94. The minimum Gasteiger partial charge on any atom is -0.197 e. The van der Waals surface area contributed by atoms with E-state index in [-0.39, 0.29) is 0 Å². The minimum absolute atomic E-state index is 1.03. The Morgan fingerprint density at radius 1 is 1.78 bits per heavy atom. The van der Waals surface area contributed by atoms with Gasteiger partial charge in [-0.05, 0) is 11.9 Å². The molecule has 0 spiro atoms. The molecule has 0 amide bonds. The molecular formula is C5H6N3S+. The van der Waals surface area contributed by atoms with Gasteiger partial charge in [0, 0.05) is 6.07 Å². The van der Waals surface area contributed by atoms with Gasteiger partial charge in [0.2, 0.25) is 0 Å². The highest BCUT2D eigenvalue weighted by molar-refractivity contribution is 7.99. The van der Waals surface area contributed by atoms with E-state index in [2.05, 4.69) is 9.82 Å². The fourth-order valence-corrected chi connectivity index (χ4v) is 1.52. The van der Waals surface area contributed by atoms with Gasteiger partial charge in [-0.2, -0.15) is 4.83 Å². The van der Waals surface area contributed by atoms with Crippen molar-refractivity contribution in [3.63, 3.8) is 0 Å². The van der Waals surface area contributed by atoms with Crippen molar-refractivity contribution in [2.45, 2.75) is 5.75 Å². The summed E-state index contributed by atoms with van der Waals surface area (Å²) in [6.45, 7) is 0. The van der Waals surface area contributed by atoms with Crippen LogP contribution in [0.3, 0.4) is 0 Å². The number of rotatable bonds is 0. The molecule has 0 bridgehead atoms. The van der Waals surface area contributed by atoms with E-state index in [1.807, 2.05) is 10.7 Å². The van der Waals surface area contributed by atoms with Crippen LogP contribution < -0.4 is 9.51 Å². The van der Waals surface area contributed by atoms with Crippen LogP contribution in [0.25, 0.3) is 0 Å². The van der Waals surface area contributed by atoms with Crippen LogP contribution in [0.15, 0.2) is 18.6 Å². The summed E-state index contributed by atoms with van der Waals surface area (Å²) in [5, 5.41) is 0. The van der Waals surface area contributed by atoms with Gasteiger partial charge in [0.1, 0.15) is 11.9 Å². The molecule has 3 nitrogen and oxygen atoms in total. The van der Waals surface area contributed by atoms with Gasteiger partial charge >= 0.3 is 6.33 Å². The van der Waals surface area contributed by atoms with Gasteiger partial charge in [-0.3, -0.25) is 0 Å². The molecule has 0 atom stereocenters. The molecule has 0 aromatic carbocycles. The third-order valence-corrected chi connectivity index (χ3v) is 1.99. The van der Waals surface area contributed by atoms with E-state index < -0.39 is 0 Å². The summed E-state index contributed by atoms with van der Waals surface area (Å²) < 4.78 is 1.92. The Morgan fingerprint density at radius 3 is 3.67 bits per heavy atom. The molecule has 4 heteroatoms. The molecule has 0 aliphatic carbocycles. The second-order valence-electron chi connectivity index (χ2n) is 1.82. The Morgan fingerprint density at radius 2 is 2.78 bits per heavy atom. The van der Waals surface area contributed by atoms with Gasteiger partial charge in [0.15, 0.2) is 0 Å². The Hall–Kier alpha value is -0.770. The Labute approximate surface area is 57.2 Å². The lowest BCUT2D eigenvalue weighted by molar-refractivity contribution is -0.641. The second kappa shape index (κ2) is 1.88. The van der Waals surface area contributed by atoms with E-state index in [0.717, 1.165) is 5.75 Å². The molecule has 1 aromatic heterocycles. The van der Waals surface area contributed by atoms with Gasteiger partial charge in [0.25, 0.3) is 0 Å². The number of aromatic nitrogens is 2. The van der Waals surface area contributed by atoms with Crippen LogP contribution in [0, 0.1) is 0 Å². The monoisotopic (exact) mass is 140 g/mol. The fraction of sp³-hybridized carbons (Fsp3) is 0.200. The zero-order valence-electron chi connectivity index (χ0n) is 4.74. The van der Waals surface area contributed by atoms with Crippen molar-refractivity contribution in [3.05, 3.63) is 24.3 Å². The van der Waals surface area contributed by atoms with Crippen LogP contribution in [0.5, 0.6) is 0 Å². The van der Waals surface area contributed by atoms with Crippen molar-refractivity contribution in [2.24, 2.45) is 0 Å². The van der Waals surface area contributed by atoms with Crippen molar-refractivity contribution in [1.82, 2.24) is 4.98 Å². The van der Waals surface area contributed by atoms with Crippen LogP contribution in [-0.4, -0.2) is 4.98 Å². The molecule has 2 rings (SSSR count). The number of hydrogen-bond acceptors (Lipinski definition) is 3. The van der Waals surface area contributed by atoms with Crippen molar-refractivity contribution in [2.75, 3.05) is 4.83 Å². The lowest BCUT2D eigenvalue weighted by Crippen LogP contribution is -2.40. The largest absolute Gasteiger partial charge is 0.310 e. The molecule has 9 heavy (non-hydrogen) atoms. The van der Waals surface area contributed by atoms with Gasteiger partial charge in [-0.15, -0.1) is 4.68 Å². The summed E-state index contributed by atoms with van der Waals surface area (Å²) in [7, 11) is 0. The SMILES string of the molecule is c1cc2[n+](cn1)NSC2. The molecule has 1 aromatic rings. The first-order chi connectivity index (χ1) is 4.47. The van der Waals surface area contributed by atoms with Gasteiger partial charge in [-0.25, -0.2) is 0 Å². The molecule has 0 saturated heterocycles. The van der Waals surface area contributed by atoms with Crippen molar-refractivity contribution >= 4 is 11.9 Å². The maximum atomic E-state index is 3.94. The standard InChI is InChI=1S/C5H6N3S/c1-2-6-4-8-5(1)3-9-7-8/h1-2,4,7H,3H2/q+1. The minimum atomic E-state index is 1.03. The van der Waals surface area contributed by atoms with E-state index in [4.69, 9.17) is 0 Å². The van der Waals surface area contributed by atoms with E-state index in [1.165, 1.54) is 5.69 Å². The summed E-state index contributed by atoms with van der Waals surface area (Å²) in [6, 6.07) is 2.01. The second-order valence-corrected chi connectivity index (χ2v) is 2.58. The zero-order valence-corrected chi connectivity index (χ0v) is 5.56. The molecule has 1 aliphatic rings. The fourth-order valence-electron chi connectivity index (χ4n) is 0.764. The predicted octanol–water partition coefficient (Wildman–Crippen LogP) is 0.0744. The molecule has 0 unspecified atom stereocenters. The average Bonchev–Trinajstić information content (AvgIpc) is 2.33. The summed E-state index contributed by atoms with van der Waals surface area (Å²) in [5.41, 5.74) is 1.27. The highest BCUT2D eigenvalue weighted by Gasteiger charge is 2.13. The third-order valence-electron chi connectivity index (χ3n) is 1.23. The van der Waals surface area contributed by atoms with E-state index >= 15 is 0 Å². The van der Waals surface area contributed by atoms with Gasteiger partial charge in [0.05, 0.1) is 5.75 Å². The van der Waals surface area contributed by atoms with Gasteiger partial charge in [-0.1, -0.05) is 4.98 Å². The molecule has 46 valence electrons. The number of nitrogens with zero attached hydrogens (tertiary/aromatic N) is 2. The molecule has 0 radical (unpaired) electrons. The maximum Gasteiger partial charge on any atom is 0.310 e. The van der Waals surface area contributed by atoms with Crippen LogP contribution in [-0.2, 0) is 5.75 Å². The molecule has 0 fully saturated rings. The smallest absolute Gasteiger partial charge is 0.197 e. The zero-order chi connectivity index (χ0) is 6.10. The normalized spacial score (nSPS) is 14.7. The first kappa shape index (κ1) is 5.05. The van der Waals surface area contributed by atoms with Crippen molar-refractivity contribution < 1.29 is 4.68 Å². The summed E-state index contributed by atoms with van der Waals surface area (Å²) in [4.78, 5) is 7.01. The van der Waals surface area contributed by atoms with E-state index in [9.17, 15) is 0 Å². The van der Waals surface area contributed by atoms with Crippen molar-refractivity contribution in [1.29, 1.82) is 0 Å². The molecule has 0 saturated carbocycles. The number of fused-ring (bicyclic) bond motifs is 1. The van der Waals surface area contributed by atoms with Crippen LogP contribution in [0.4, 0.5) is 0 Å².